The molecule has 5 nitrogen and oxygen atoms in total. The molecule has 1 saturated carbocycles. The van der Waals surface area contributed by atoms with Gasteiger partial charge in [-0.15, -0.1) is 0 Å². The largest absolute Gasteiger partial charge is 0.506 e. The first-order valence-corrected chi connectivity index (χ1v) is 11.9. The number of phenols is 1. The zero-order valence-corrected chi connectivity index (χ0v) is 19.5. The molecule has 0 unspecified atom stereocenters. The molecule has 1 saturated heterocycles. The van der Waals surface area contributed by atoms with Crippen molar-refractivity contribution in [2.24, 2.45) is 0 Å². The zero-order chi connectivity index (χ0) is 22.2. The first-order chi connectivity index (χ1) is 15.6. The van der Waals surface area contributed by atoms with Crippen LogP contribution in [-0.2, 0) is 0 Å². The molecule has 2 fully saturated rings. The van der Waals surface area contributed by atoms with Gasteiger partial charge in [0, 0.05) is 23.6 Å². The van der Waals surface area contributed by atoms with Crippen molar-refractivity contribution in [1.29, 1.82) is 0 Å². The number of aryl methyl sites for hydroxylation is 1. The molecule has 0 spiro atoms. The van der Waals surface area contributed by atoms with Crippen LogP contribution in [0.5, 0.6) is 5.75 Å². The van der Waals surface area contributed by atoms with Gasteiger partial charge in [0.2, 0.25) is 0 Å². The summed E-state index contributed by atoms with van der Waals surface area (Å²) in [6.07, 6.45) is 8.01. The van der Waals surface area contributed by atoms with Crippen molar-refractivity contribution >= 4 is 17.3 Å². The maximum atomic E-state index is 10.5. The summed E-state index contributed by atoms with van der Waals surface area (Å²) in [7, 11) is 0. The molecule has 0 radical (unpaired) electrons. The third-order valence-corrected chi connectivity index (χ3v) is 7.34. The highest BCUT2D eigenvalue weighted by atomic mass is 32.1. The lowest BCUT2D eigenvalue weighted by molar-refractivity contribution is 0.197. The number of aromatic hydroxyl groups is 1. The Morgan fingerprint density at radius 1 is 1.03 bits per heavy atom. The lowest BCUT2D eigenvalue weighted by Gasteiger charge is -2.37. The van der Waals surface area contributed by atoms with Crippen molar-refractivity contribution in [3.8, 4) is 11.4 Å². The van der Waals surface area contributed by atoms with Gasteiger partial charge >= 0.3 is 0 Å². The average molecular weight is 447 g/mol. The summed E-state index contributed by atoms with van der Waals surface area (Å²) in [6.45, 7) is 4.25. The van der Waals surface area contributed by atoms with Gasteiger partial charge in [-0.05, 0) is 74.8 Å². The van der Waals surface area contributed by atoms with E-state index in [0.717, 1.165) is 27.9 Å². The second kappa shape index (κ2) is 8.58. The summed E-state index contributed by atoms with van der Waals surface area (Å²) < 4.78 is 2.15. The molecule has 1 aromatic carbocycles. The average Bonchev–Trinajstić information content (AvgIpc) is 3.31. The monoisotopic (exact) mass is 446 g/mol. The van der Waals surface area contributed by atoms with Gasteiger partial charge < -0.3 is 19.9 Å². The zero-order valence-electron chi connectivity index (χ0n) is 18.7. The summed E-state index contributed by atoms with van der Waals surface area (Å²) >= 11 is 5.91. The smallest absolute Gasteiger partial charge is 0.170 e. The molecule has 2 atom stereocenters. The molecule has 2 aliphatic rings. The Morgan fingerprint density at radius 3 is 2.50 bits per heavy atom. The second-order valence-electron chi connectivity index (χ2n) is 8.98. The van der Waals surface area contributed by atoms with Crippen LogP contribution in [0.3, 0.4) is 0 Å². The fourth-order valence-corrected chi connectivity index (χ4v) is 5.95. The molecule has 0 amide bonds. The van der Waals surface area contributed by atoms with E-state index in [0.29, 0.717) is 6.04 Å². The number of hydrogen-bond donors (Lipinski definition) is 2. The lowest BCUT2D eigenvalue weighted by Crippen LogP contribution is -2.40. The molecule has 2 aromatic heterocycles. The predicted molar refractivity (Wildman–Crippen MR) is 131 cm³/mol. The van der Waals surface area contributed by atoms with Crippen LogP contribution in [-0.4, -0.2) is 30.7 Å². The van der Waals surface area contributed by atoms with E-state index in [1.54, 1.807) is 6.07 Å². The number of phenolic OH excluding ortho intramolecular Hbond substituents is 1. The van der Waals surface area contributed by atoms with Crippen molar-refractivity contribution < 1.29 is 5.11 Å². The number of rotatable bonds is 4. The number of nitrogens with zero attached hydrogens (tertiary/aromatic N) is 3. The minimum Gasteiger partial charge on any atom is -0.506 e. The minimum absolute atomic E-state index is 0.0102. The van der Waals surface area contributed by atoms with Gasteiger partial charge in [-0.1, -0.05) is 37.5 Å². The SMILES string of the molecule is Cc1cc([C@@H]2[C@@H](c3ccccn3)NC(=S)N2C2CCCCC2)c(C)n1-c1ccccc1O. The standard InChI is InChI=1S/C26H30N4OS/c1-17-16-20(18(2)29(17)22-13-6-7-14-23(22)31)25-24(21-12-8-9-15-27-21)28-26(32)30(25)19-10-4-3-5-11-19/h6-9,12-16,19,24-25,31H,3-5,10-11H2,1-2H3,(H,28,32)/t24-,25-/m1/s1. The Morgan fingerprint density at radius 2 is 1.78 bits per heavy atom. The van der Waals surface area contributed by atoms with Crippen LogP contribution < -0.4 is 5.32 Å². The van der Waals surface area contributed by atoms with Crippen LogP contribution in [0.15, 0.2) is 54.7 Å². The van der Waals surface area contributed by atoms with Gasteiger partial charge in [-0.25, -0.2) is 0 Å². The molecule has 3 aromatic rings. The number of para-hydroxylation sites is 2. The van der Waals surface area contributed by atoms with Gasteiger partial charge in [-0.3, -0.25) is 4.98 Å². The molecule has 166 valence electrons. The van der Waals surface area contributed by atoms with Crippen molar-refractivity contribution in [3.63, 3.8) is 0 Å². The van der Waals surface area contributed by atoms with Crippen LogP contribution >= 0.6 is 12.2 Å². The highest BCUT2D eigenvalue weighted by Crippen LogP contribution is 2.44. The van der Waals surface area contributed by atoms with Crippen molar-refractivity contribution in [1.82, 2.24) is 19.8 Å². The topological polar surface area (TPSA) is 53.3 Å². The number of pyridine rings is 1. The van der Waals surface area contributed by atoms with Crippen LogP contribution in [0.1, 0.15) is 66.8 Å². The quantitative estimate of drug-likeness (QED) is 0.518. The Balaban J connectivity index is 1.64. The molecule has 6 heteroatoms. The Labute approximate surface area is 195 Å². The number of benzene rings is 1. The third-order valence-electron chi connectivity index (χ3n) is 7.01. The third kappa shape index (κ3) is 3.56. The Bertz CT molecular complexity index is 1120. The van der Waals surface area contributed by atoms with Gasteiger partial charge in [-0.2, -0.15) is 0 Å². The predicted octanol–water partition coefficient (Wildman–Crippen LogP) is 5.50. The molecule has 2 N–H and O–H groups in total. The van der Waals surface area contributed by atoms with Gasteiger partial charge in [0.1, 0.15) is 5.75 Å². The fraction of sp³-hybridized carbons (Fsp3) is 0.385. The van der Waals surface area contributed by atoms with Crippen LogP contribution in [0.2, 0.25) is 0 Å². The molecule has 5 rings (SSSR count). The van der Waals surface area contributed by atoms with E-state index in [1.807, 2.05) is 36.5 Å². The molecule has 1 aliphatic carbocycles. The van der Waals surface area contributed by atoms with E-state index in [2.05, 4.69) is 45.7 Å². The first kappa shape index (κ1) is 21.0. The number of aromatic nitrogens is 2. The van der Waals surface area contributed by atoms with Gasteiger partial charge in [0.25, 0.3) is 0 Å². The highest BCUT2D eigenvalue weighted by molar-refractivity contribution is 7.80. The fourth-order valence-electron chi connectivity index (χ4n) is 5.56. The van der Waals surface area contributed by atoms with Crippen molar-refractivity contribution in [3.05, 3.63) is 77.4 Å². The lowest BCUT2D eigenvalue weighted by atomic mass is 9.90. The summed E-state index contributed by atoms with van der Waals surface area (Å²) in [5.74, 6) is 0.284. The summed E-state index contributed by atoms with van der Waals surface area (Å²) in [6, 6.07) is 16.4. The number of hydrogen-bond acceptors (Lipinski definition) is 3. The van der Waals surface area contributed by atoms with E-state index in [-0.39, 0.29) is 17.8 Å². The van der Waals surface area contributed by atoms with Crippen molar-refractivity contribution in [2.45, 2.75) is 64.1 Å². The summed E-state index contributed by atoms with van der Waals surface area (Å²) in [5, 5.41) is 15.0. The molecule has 3 heterocycles. The molecular formula is C26H30N4OS. The Hall–Kier alpha value is -2.86. The van der Waals surface area contributed by atoms with E-state index < -0.39 is 0 Å². The van der Waals surface area contributed by atoms with E-state index >= 15 is 0 Å². The van der Waals surface area contributed by atoms with Crippen LogP contribution in [0.4, 0.5) is 0 Å². The van der Waals surface area contributed by atoms with Crippen LogP contribution in [0, 0.1) is 13.8 Å². The Kier molecular flexibility index (Phi) is 5.64. The van der Waals surface area contributed by atoms with E-state index in [1.165, 1.54) is 37.7 Å². The maximum Gasteiger partial charge on any atom is 0.170 e. The first-order valence-electron chi connectivity index (χ1n) is 11.5. The molecule has 1 aliphatic heterocycles. The molecule has 32 heavy (non-hydrogen) atoms. The summed E-state index contributed by atoms with van der Waals surface area (Å²) in [5.41, 5.74) is 5.27. The normalized spacial score (nSPS) is 21.7. The summed E-state index contributed by atoms with van der Waals surface area (Å²) in [4.78, 5) is 7.14. The van der Waals surface area contributed by atoms with Crippen LogP contribution in [0.25, 0.3) is 5.69 Å². The number of nitrogens with one attached hydrogen (secondary N) is 1. The van der Waals surface area contributed by atoms with Gasteiger partial charge in [0.15, 0.2) is 5.11 Å². The second-order valence-corrected chi connectivity index (χ2v) is 9.36. The maximum absolute atomic E-state index is 10.5. The van der Waals surface area contributed by atoms with Gasteiger partial charge in [0.05, 0.1) is 23.5 Å². The minimum atomic E-state index is -0.0102. The molecule has 0 bridgehead atoms. The van der Waals surface area contributed by atoms with E-state index in [4.69, 9.17) is 12.2 Å². The number of thiocarbonyl (C=S) groups is 1. The molecular weight excluding hydrogens is 416 g/mol. The van der Waals surface area contributed by atoms with Crippen molar-refractivity contribution in [2.75, 3.05) is 0 Å². The highest BCUT2D eigenvalue weighted by Gasteiger charge is 2.44. The van der Waals surface area contributed by atoms with E-state index in [9.17, 15) is 5.11 Å².